The van der Waals surface area contributed by atoms with E-state index in [2.05, 4.69) is 9.88 Å². The second-order valence-corrected chi connectivity index (χ2v) is 10.4. The minimum atomic E-state index is -4.60. The molecule has 1 saturated carbocycles. The van der Waals surface area contributed by atoms with Gasteiger partial charge in [0.1, 0.15) is 5.82 Å². The first kappa shape index (κ1) is 26.2. The first-order valence-electron chi connectivity index (χ1n) is 12.8. The molecule has 1 aromatic carbocycles. The molecule has 1 aromatic heterocycles. The minimum Gasteiger partial charge on any atom is -0.478 e. The number of alkyl halides is 3. The van der Waals surface area contributed by atoms with Gasteiger partial charge in [0.15, 0.2) is 5.78 Å². The molecule has 3 aliphatic rings. The number of carboxylic acids is 1. The Labute approximate surface area is 218 Å². The van der Waals surface area contributed by atoms with E-state index in [9.17, 15) is 27.9 Å². The fraction of sp³-hybridized carbons (Fsp3) is 0.464. The summed E-state index contributed by atoms with van der Waals surface area (Å²) in [6.45, 7) is 1.54. The van der Waals surface area contributed by atoms with Gasteiger partial charge < -0.3 is 20.5 Å². The number of hydrogen-bond donors (Lipinski definition) is 2. The molecule has 2 bridgehead atoms. The third kappa shape index (κ3) is 5.14. The van der Waals surface area contributed by atoms with Gasteiger partial charge in [0.05, 0.1) is 29.5 Å². The van der Waals surface area contributed by atoms with E-state index in [-0.39, 0.29) is 58.9 Å². The molecule has 7 nitrogen and oxygen atoms in total. The van der Waals surface area contributed by atoms with Gasteiger partial charge in [-0.25, -0.2) is 9.78 Å². The van der Waals surface area contributed by atoms with E-state index in [1.54, 1.807) is 19.1 Å². The van der Waals surface area contributed by atoms with Crippen molar-refractivity contribution in [3.8, 4) is 0 Å². The van der Waals surface area contributed by atoms with Gasteiger partial charge in [0.2, 0.25) is 0 Å². The van der Waals surface area contributed by atoms with Gasteiger partial charge >= 0.3 is 12.1 Å². The molecule has 0 spiro atoms. The molecule has 2 saturated heterocycles. The molecule has 3 N–H and O–H groups in total. The summed E-state index contributed by atoms with van der Waals surface area (Å²) in [5, 5.41) is 9.30. The standard InChI is InChI=1S/C28H30F3N3O4/c1-15-20(27(36)37)10-11-24(33-15)34-17-8-9-18(34)13-19(12-17)38-14-22(26(35)16-6-7-16)25(32)21-4-2-3-5-23(21)28(29,30)31/h2-5,10-11,16-19H,6-9,12-14,32H2,1H3,(H,36,37)/t17-,18?,19?/m0/s1. The van der Waals surface area contributed by atoms with Crippen LogP contribution in [0.15, 0.2) is 42.0 Å². The molecular formula is C28H30F3N3O4. The van der Waals surface area contributed by atoms with E-state index in [0.717, 1.165) is 24.7 Å². The number of Topliss-reactive ketones (excluding diaryl/α,β-unsaturated/α-hetero) is 1. The summed E-state index contributed by atoms with van der Waals surface area (Å²) < 4.78 is 47.1. The molecule has 2 aromatic rings. The van der Waals surface area contributed by atoms with Crippen molar-refractivity contribution in [2.75, 3.05) is 11.5 Å². The molecule has 3 heterocycles. The Hall–Kier alpha value is -3.40. The second kappa shape index (κ2) is 10.1. The molecular weight excluding hydrogens is 499 g/mol. The molecule has 3 fully saturated rings. The Morgan fingerprint density at radius 2 is 1.71 bits per heavy atom. The molecule has 2 aliphatic heterocycles. The fourth-order valence-electron chi connectivity index (χ4n) is 5.76. The van der Waals surface area contributed by atoms with Crippen LogP contribution in [0.4, 0.5) is 19.0 Å². The fourth-order valence-corrected chi connectivity index (χ4v) is 5.76. The summed E-state index contributed by atoms with van der Waals surface area (Å²) >= 11 is 0. The summed E-state index contributed by atoms with van der Waals surface area (Å²) in [6.07, 6.45) is -0.192. The SMILES string of the molecule is Cc1nc(N2C3CC[C@H]2CC(OCC(C(=O)C2CC2)=C(N)c2ccccc2C(F)(F)F)C3)ccc1C(=O)O. The highest BCUT2D eigenvalue weighted by molar-refractivity contribution is 6.05. The van der Waals surface area contributed by atoms with Crippen molar-refractivity contribution in [2.45, 2.75) is 69.8 Å². The zero-order valence-electron chi connectivity index (χ0n) is 21.0. The highest BCUT2D eigenvalue weighted by Crippen LogP contribution is 2.41. The molecule has 202 valence electrons. The number of piperidine rings is 1. The largest absolute Gasteiger partial charge is 0.478 e. The summed E-state index contributed by atoms with van der Waals surface area (Å²) in [7, 11) is 0. The van der Waals surface area contributed by atoms with Gasteiger partial charge in [-0.05, 0) is 63.6 Å². The number of aryl methyl sites for hydroxylation is 1. The Morgan fingerprint density at radius 1 is 1.05 bits per heavy atom. The number of pyridine rings is 1. The first-order chi connectivity index (χ1) is 18.0. The lowest BCUT2D eigenvalue weighted by Crippen LogP contribution is -2.46. The third-order valence-electron chi connectivity index (χ3n) is 7.81. The molecule has 10 heteroatoms. The van der Waals surface area contributed by atoms with E-state index < -0.39 is 17.7 Å². The quantitative estimate of drug-likeness (QED) is 0.465. The molecule has 0 amide bonds. The number of aromatic carboxylic acids is 1. The van der Waals surface area contributed by atoms with Crippen molar-refractivity contribution in [1.29, 1.82) is 0 Å². The summed E-state index contributed by atoms with van der Waals surface area (Å²) in [6, 6.07) is 8.61. The van der Waals surface area contributed by atoms with Crippen molar-refractivity contribution in [1.82, 2.24) is 4.98 Å². The number of carboxylic acid groups (broad SMARTS) is 1. The van der Waals surface area contributed by atoms with Crippen LogP contribution in [0.3, 0.4) is 0 Å². The van der Waals surface area contributed by atoms with Gasteiger partial charge in [-0.15, -0.1) is 0 Å². The predicted molar refractivity (Wildman–Crippen MR) is 134 cm³/mol. The molecule has 38 heavy (non-hydrogen) atoms. The summed E-state index contributed by atoms with van der Waals surface area (Å²) in [5.74, 6) is -0.737. The lowest BCUT2D eigenvalue weighted by Gasteiger charge is -2.40. The van der Waals surface area contributed by atoms with E-state index in [1.807, 2.05) is 0 Å². The molecule has 3 atom stereocenters. The van der Waals surface area contributed by atoms with Crippen LogP contribution in [0.1, 0.15) is 65.7 Å². The number of carbonyl (C=O) groups is 2. The minimum absolute atomic E-state index is 0.112. The number of anilines is 1. The molecule has 2 unspecified atom stereocenters. The van der Waals surface area contributed by atoms with Crippen LogP contribution in [0.5, 0.6) is 0 Å². The van der Waals surface area contributed by atoms with Crippen LogP contribution in [-0.4, -0.2) is 46.6 Å². The van der Waals surface area contributed by atoms with Crippen molar-refractivity contribution in [3.63, 3.8) is 0 Å². The second-order valence-electron chi connectivity index (χ2n) is 10.4. The number of carbonyl (C=O) groups excluding carboxylic acids is 1. The van der Waals surface area contributed by atoms with Crippen LogP contribution in [0, 0.1) is 12.8 Å². The van der Waals surface area contributed by atoms with E-state index >= 15 is 0 Å². The van der Waals surface area contributed by atoms with E-state index in [0.29, 0.717) is 31.4 Å². The van der Waals surface area contributed by atoms with Gasteiger partial charge in [0.25, 0.3) is 0 Å². The van der Waals surface area contributed by atoms with E-state index in [1.165, 1.54) is 18.2 Å². The Bertz CT molecular complexity index is 1270. The van der Waals surface area contributed by atoms with Crippen LogP contribution < -0.4 is 10.6 Å². The lowest BCUT2D eigenvalue weighted by molar-refractivity contribution is -0.137. The smallest absolute Gasteiger partial charge is 0.417 e. The maximum absolute atomic E-state index is 13.6. The van der Waals surface area contributed by atoms with Crippen molar-refractivity contribution in [3.05, 3.63) is 64.4 Å². The molecule has 0 radical (unpaired) electrons. The maximum atomic E-state index is 13.6. The number of hydrogen-bond acceptors (Lipinski definition) is 6. The average Bonchev–Trinajstić information content (AvgIpc) is 3.68. The topological polar surface area (TPSA) is 106 Å². The number of nitrogens with zero attached hydrogens (tertiary/aromatic N) is 2. The normalized spacial score (nSPS) is 23.8. The van der Waals surface area contributed by atoms with Crippen LogP contribution in [0.2, 0.25) is 0 Å². The highest BCUT2D eigenvalue weighted by atomic mass is 19.4. The zero-order valence-corrected chi connectivity index (χ0v) is 21.0. The van der Waals surface area contributed by atoms with Crippen molar-refractivity contribution < 1.29 is 32.6 Å². The van der Waals surface area contributed by atoms with Gasteiger partial charge in [-0.1, -0.05) is 18.2 Å². The number of rotatable bonds is 8. The van der Waals surface area contributed by atoms with Crippen LogP contribution in [0.25, 0.3) is 5.70 Å². The van der Waals surface area contributed by atoms with Gasteiger partial charge in [0, 0.05) is 34.8 Å². The van der Waals surface area contributed by atoms with E-state index in [4.69, 9.17) is 10.5 Å². The van der Waals surface area contributed by atoms with Crippen LogP contribution >= 0.6 is 0 Å². The average molecular weight is 530 g/mol. The molecule has 1 aliphatic carbocycles. The Kier molecular flexibility index (Phi) is 6.94. The zero-order chi connectivity index (χ0) is 27.2. The van der Waals surface area contributed by atoms with Crippen molar-refractivity contribution >= 4 is 23.3 Å². The number of ether oxygens (including phenoxy) is 1. The predicted octanol–water partition coefficient (Wildman–Crippen LogP) is 4.97. The monoisotopic (exact) mass is 529 g/mol. The summed E-state index contributed by atoms with van der Waals surface area (Å²) in [5.41, 5.74) is 5.74. The number of fused-ring (bicyclic) bond motifs is 2. The Morgan fingerprint density at radius 3 is 2.29 bits per heavy atom. The number of ketones is 1. The first-order valence-corrected chi connectivity index (χ1v) is 12.8. The van der Waals surface area contributed by atoms with Crippen LogP contribution in [-0.2, 0) is 15.7 Å². The summed E-state index contributed by atoms with van der Waals surface area (Å²) in [4.78, 5) is 31.2. The Balaban J connectivity index is 1.34. The van der Waals surface area contributed by atoms with Gasteiger partial charge in [-0.3, -0.25) is 4.79 Å². The number of halogens is 3. The van der Waals surface area contributed by atoms with Crippen molar-refractivity contribution in [2.24, 2.45) is 11.7 Å². The third-order valence-corrected chi connectivity index (χ3v) is 7.81. The number of benzene rings is 1. The number of nitrogens with two attached hydrogens (primary N) is 1. The maximum Gasteiger partial charge on any atom is 0.417 e. The highest BCUT2D eigenvalue weighted by Gasteiger charge is 2.43. The lowest BCUT2D eigenvalue weighted by atomic mass is 9.96. The molecule has 5 rings (SSSR count). The van der Waals surface area contributed by atoms with Gasteiger partial charge in [-0.2, -0.15) is 13.2 Å². The number of aromatic nitrogens is 1.